The highest BCUT2D eigenvalue weighted by atomic mass is 16.6. The van der Waals surface area contributed by atoms with E-state index in [0.717, 1.165) is 25.8 Å². The number of esters is 1. The first-order valence-electron chi connectivity index (χ1n) is 7.50. The van der Waals surface area contributed by atoms with Crippen molar-refractivity contribution in [2.75, 3.05) is 0 Å². The molecule has 0 aromatic carbocycles. The molecule has 1 atom stereocenters. The molecule has 2 heterocycles. The Morgan fingerprint density at radius 1 is 1.35 bits per heavy atom. The number of hydrogen-bond acceptors (Lipinski definition) is 2. The lowest BCUT2D eigenvalue weighted by molar-refractivity contribution is -0.697. The van der Waals surface area contributed by atoms with Crippen LogP contribution in [0.25, 0.3) is 0 Å². The van der Waals surface area contributed by atoms with Gasteiger partial charge in [0.25, 0.3) is 0 Å². The smallest absolute Gasteiger partial charge is 0.313 e. The number of aryl methyl sites for hydroxylation is 1. The van der Waals surface area contributed by atoms with Crippen molar-refractivity contribution in [1.29, 1.82) is 0 Å². The van der Waals surface area contributed by atoms with Gasteiger partial charge in [0.15, 0.2) is 0 Å². The van der Waals surface area contributed by atoms with Crippen LogP contribution in [-0.4, -0.2) is 16.1 Å². The second-order valence-corrected chi connectivity index (χ2v) is 7.30. The molecule has 20 heavy (non-hydrogen) atoms. The highest BCUT2D eigenvalue weighted by Gasteiger charge is 2.48. The monoisotopic (exact) mass is 279 g/mol. The molecule has 0 bridgehead atoms. The van der Waals surface area contributed by atoms with Crippen molar-refractivity contribution in [2.45, 2.75) is 71.6 Å². The molecule has 1 saturated heterocycles. The molecular weight excluding hydrogens is 252 g/mol. The lowest BCUT2D eigenvalue weighted by Gasteiger charge is -2.42. The second kappa shape index (κ2) is 5.23. The summed E-state index contributed by atoms with van der Waals surface area (Å²) in [5, 5.41) is 0. The maximum atomic E-state index is 11.4. The average molecular weight is 279 g/mol. The van der Waals surface area contributed by atoms with Crippen LogP contribution >= 0.6 is 0 Å². The van der Waals surface area contributed by atoms with E-state index < -0.39 is 0 Å². The van der Waals surface area contributed by atoms with Crippen LogP contribution in [0.5, 0.6) is 0 Å². The molecule has 2 rings (SSSR count). The predicted octanol–water partition coefficient (Wildman–Crippen LogP) is 2.65. The molecule has 0 radical (unpaired) electrons. The van der Waals surface area contributed by atoms with Gasteiger partial charge in [0, 0.05) is 0 Å². The van der Waals surface area contributed by atoms with Crippen molar-refractivity contribution in [3.05, 3.63) is 18.7 Å². The number of cyclic esters (lactones) is 1. The number of unbranched alkanes of at least 4 members (excludes halogenated alkanes) is 1. The Morgan fingerprint density at radius 3 is 2.55 bits per heavy atom. The fourth-order valence-corrected chi connectivity index (χ4v) is 2.66. The molecule has 1 unspecified atom stereocenters. The first-order valence-corrected chi connectivity index (χ1v) is 7.50. The second-order valence-electron chi connectivity index (χ2n) is 7.30. The van der Waals surface area contributed by atoms with Crippen LogP contribution in [0.2, 0.25) is 0 Å². The highest BCUT2D eigenvalue weighted by molar-refractivity contribution is 5.79. The summed E-state index contributed by atoms with van der Waals surface area (Å²) in [7, 11) is 0. The molecule has 1 aromatic rings. The van der Waals surface area contributed by atoms with Gasteiger partial charge in [-0.05, 0) is 53.9 Å². The number of ether oxygens (including phenoxy) is 1. The molecule has 0 saturated carbocycles. The van der Waals surface area contributed by atoms with E-state index in [1.807, 2.05) is 13.8 Å². The third kappa shape index (κ3) is 3.22. The van der Waals surface area contributed by atoms with E-state index in [-0.39, 0.29) is 23.0 Å². The van der Waals surface area contributed by atoms with Gasteiger partial charge in [-0.25, -0.2) is 9.13 Å². The van der Waals surface area contributed by atoms with E-state index in [0.29, 0.717) is 0 Å². The van der Waals surface area contributed by atoms with Crippen LogP contribution in [0.3, 0.4) is 0 Å². The minimum absolute atomic E-state index is 0.0264. The van der Waals surface area contributed by atoms with Gasteiger partial charge in [0.05, 0.1) is 12.5 Å². The van der Waals surface area contributed by atoms with Gasteiger partial charge in [-0.2, -0.15) is 0 Å². The first kappa shape index (κ1) is 15.1. The van der Waals surface area contributed by atoms with Gasteiger partial charge in [0.1, 0.15) is 23.5 Å². The minimum atomic E-state index is -0.250. The fraction of sp³-hybridized carbons (Fsp3) is 0.750. The lowest BCUT2D eigenvalue weighted by Crippen LogP contribution is -2.53. The summed E-state index contributed by atoms with van der Waals surface area (Å²) < 4.78 is 9.59. The van der Waals surface area contributed by atoms with Crippen molar-refractivity contribution in [3.8, 4) is 0 Å². The fourth-order valence-electron chi connectivity index (χ4n) is 2.66. The van der Waals surface area contributed by atoms with E-state index in [4.69, 9.17) is 4.74 Å². The Kier molecular flexibility index (Phi) is 3.94. The Balaban J connectivity index is 1.74. The van der Waals surface area contributed by atoms with Gasteiger partial charge >= 0.3 is 5.97 Å². The molecule has 1 aliphatic heterocycles. The van der Waals surface area contributed by atoms with E-state index in [9.17, 15) is 4.79 Å². The topological polar surface area (TPSA) is 35.1 Å². The summed E-state index contributed by atoms with van der Waals surface area (Å²) >= 11 is 0. The first-order chi connectivity index (χ1) is 9.20. The molecule has 1 fully saturated rings. The number of hydrogen-bond donors (Lipinski definition) is 0. The summed E-state index contributed by atoms with van der Waals surface area (Å²) in [6.07, 6.45) is 9.49. The zero-order valence-electron chi connectivity index (χ0n) is 13.3. The van der Waals surface area contributed by atoms with E-state index >= 15 is 0 Å². The van der Waals surface area contributed by atoms with Crippen molar-refractivity contribution in [1.82, 2.24) is 4.57 Å². The molecule has 0 spiro atoms. The zero-order chi connectivity index (χ0) is 15.0. The highest BCUT2D eigenvalue weighted by Crippen LogP contribution is 2.36. The molecule has 4 heteroatoms. The molecular formula is C16H27N2O2+. The SMILES string of the molecule is CC1(C)OC(=O)C1CCCC[n+]1ccn(C(C)(C)C)c1. The molecule has 0 amide bonds. The van der Waals surface area contributed by atoms with Crippen LogP contribution in [0.15, 0.2) is 18.7 Å². The van der Waals surface area contributed by atoms with Gasteiger partial charge in [-0.3, -0.25) is 4.79 Å². The number of rotatable bonds is 5. The number of carbonyl (C=O) groups excluding carboxylic acids is 1. The standard InChI is InChI=1S/C16H27N2O2/c1-15(2,3)18-11-10-17(12-18)9-7-6-8-13-14(19)20-16(13,4)5/h10-13H,6-9H2,1-5H3/q+1. The number of imidazole rings is 1. The van der Waals surface area contributed by atoms with Crippen LogP contribution in [0.4, 0.5) is 0 Å². The van der Waals surface area contributed by atoms with Crippen LogP contribution in [0.1, 0.15) is 53.9 Å². The van der Waals surface area contributed by atoms with Gasteiger partial charge in [0.2, 0.25) is 6.33 Å². The third-order valence-electron chi connectivity index (χ3n) is 4.11. The van der Waals surface area contributed by atoms with E-state index in [2.05, 4.69) is 48.6 Å². The maximum Gasteiger partial charge on any atom is 0.313 e. The summed E-state index contributed by atoms with van der Waals surface area (Å²) in [4.78, 5) is 11.4. The molecule has 1 aromatic heterocycles. The molecule has 1 aliphatic rings. The largest absolute Gasteiger partial charge is 0.458 e. The Hall–Kier alpha value is -1.32. The van der Waals surface area contributed by atoms with Crippen LogP contribution in [-0.2, 0) is 21.6 Å². The maximum absolute atomic E-state index is 11.4. The molecule has 0 N–H and O–H groups in total. The summed E-state index contributed by atoms with van der Waals surface area (Å²) in [6.45, 7) is 11.6. The number of nitrogens with zero attached hydrogens (tertiary/aromatic N) is 2. The minimum Gasteiger partial charge on any atom is -0.458 e. The van der Waals surface area contributed by atoms with Gasteiger partial charge in [-0.1, -0.05) is 0 Å². The lowest BCUT2D eigenvalue weighted by atomic mass is 9.81. The summed E-state index contributed by atoms with van der Waals surface area (Å²) in [5.74, 6) is 0.0632. The van der Waals surface area contributed by atoms with Gasteiger partial charge < -0.3 is 4.74 Å². The van der Waals surface area contributed by atoms with Crippen LogP contribution < -0.4 is 4.57 Å². The Bertz CT molecular complexity index is 483. The van der Waals surface area contributed by atoms with Crippen molar-refractivity contribution in [2.24, 2.45) is 5.92 Å². The van der Waals surface area contributed by atoms with E-state index in [1.165, 1.54) is 0 Å². The zero-order valence-corrected chi connectivity index (χ0v) is 13.3. The van der Waals surface area contributed by atoms with Crippen molar-refractivity contribution in [3.63, 3.8) is 0 Å². The molecule has 0 aliphatic carbocycles. The van der Waals surface area contributed by atoms with Crippen molar-refractivity contribution >= 4 is 5.97 Å². The quantitative estimate of drug-likeness (QED) is 0.472. The normalized spacial score (nSPS) is 21.4. The molecule has 112 valence electrons. The predicted molar refractivity (Wildman–Crippen MR) is 77.1 cm³/mol. The third-order valence-corrected chi connectivity index (χ3v) is 4.11. The average Bonchev–Trinajstić information content (AvgIpc) is 2.76. The number of carbonyl (C=O) groups is 1. The van der Waals surface area contributed by atoms with Gasteiger partial charge in [-0.15, -0.1) is 0 Å². The summed E-state index contributed by atoms with van der Waals surface area (Å²) in [6, 6.07) is 0. The van der Waals surface area contributed by atoms with Crippen LogP contribution in [0, 0.1) is 5.92 Å². The Morgan fingerprint density at radius 2 is 2.05 bits per heavy atom. The molecule has 4 nitrogen and oxygen atoms in total. The van der Waals surface area contributed by atoms with Crippen molar-refractivity contribution < 1.29 is 14.1 Å². The van der Waals surface area contributed by atoms with E-state index in [1.54, 1.807) is 0 Å². The summed E-state index contributed by atoms with van der Waals surface area (Å²) in [5.41, 5.74) is -0.120. The number of aromatic nitrogens is 2. The Labute approximate surface area is 121 Å².